The minimum Gasteiger partial charge on any atom is -0.467 e. The Morgan fingerprint density at radius 3 is 2.93 bits per heavy atom. The summed E-state index contributed by atoms with van der Waals surface area (Å²) in [7, 11) is 1.63. The largest absolute Gasteiger partial charge is 0.467 e. The molecule has 0 aliphatic rings. The normalized spacial score (nSPS) is 11.0. The standard InChI is InChI=1S/C19H21N3O4S/c1-25-10-5-9-22-18(24)15-7-2-3-8-16(15)21-19(22)27-13-17(23)20-12-14-6-4-11-26-14/h2-4,6-8,11H,5,9-10,12-13H2,1H3,(H,20,23). The zero-order valence-corrected chi connectivity index (χ0v) is 15.8. The molecule has 0 aliphatic heterocycles. The maximum Gasteiger partial charge on any atom is 0.262 e. The number of nitrogens with zero attached hydrogens (tertiary/aromatic N) is 2. The zero-order chi connectivity index (χ0) is 19.1. The number of nitrogens with one attached hydrogen (secondary N) is 1. The number of para-hydroxylation sites is 1. The molecule has 0 fully saturated rings. The molecule has 142 valence electrons. The Labute approximate surface area is 160 Å². The lowest BCUT2D eigenvalue weighted by Crippen LogP contribution is -2.27. The minimum atomic E-state index is -0.151. The van der Waals surface area contributed by atoms with Crippen molar-refractivity contribution in [1.29, 1.82) is 0 Å². The first-order chi connectivity index (χ1) is 13.2. The van der Waals surface area contributed by atoms with Crippen molar-refractivity contribution in [3.63, 3.8) is 0 Å². The van der Waals surface area contributed by atoms with Gasteiger partial charge in [0.1, 0.15) is 5.76 Å². The number of thioether (sulfide) groups is 1. The lowest BCUT2D eigenvalue weighted by Gasteiger charge is -2.13. The van der Waals surface area contributed by atoms with E-state index in [4.69, 9.17) is 9.15 Å². The molecule has 1 aromatic carbocycles. The monoisotopic (exact) mass is 387 g/mol. The van der Waals surface area contributed by atoms with Crippen LogP contribution in [0.5, 0.6) is 0 Å². The molecule has 0 atom stereocenters. The number of rotatable bonds is 9. The van der Waals surface area contributed by atoms with Crippen LogP contribution in [-0.4, -0.2) is 34.9 Å². The Morgan fingerprint density at radius 2 is 2.15 bits per heavy atom. The average molecular weight is 387 g/mol. The zero-order valence-electron chi connectivity index (χ0n) is 15.0. The molecule has 0 saturated heterocycles. The first-order valence-electron chi connectivity index (χ1n) is 8.59. The van der Waals surface area contributed by atoms with Gasteiger partial charge in [0.2, 0.25) is 5.91 Å². The molecule has 2 heterocycles. The van der Waals surface area contributed by atoms with Gasteiger partial charge in [-0.2, -0.15) is 0 Å². The quantitative estimate of drug-likeness (QED) is 0.345. The van der Waals surface area contributed by atoms with Crippen molar-refractivity contribution in [3.8, 4) is 0 Å². The number of fused-ring (bicyclic) bond motifs is 1. The van der Waals surface area contributed by atoms with Gasteiger partial charge in [0, 0.05) is 20.3 Å². The smallest absolute Gasteiger partial charge is 0.262 e. The van der Waals surface area contributed by atoms with Crippen LogP contribution in [-0.2, 0) is 22.6 Å². The predicted molar refractivity (Wildman–Crippen MR) is 104 cm³/mol. The van der Waals surface area contributed by atoms with Crippen LogP contribution in [0.1, 0.15) is 12.2 Å². The number of carbonyl (C=O) groups excluding carboxylic acids is 1. The summed E-state index contributed by atoms with van der Waals surface area (Å²) in [6.45, 7) is 1.37. The van der Waals surface area contributed by atoms with E-state index < -0.39 is 0 Å². The van der Waals surface area contributed by atoms with Crippen LogP contribution in [0.2, 0.25) is 0 Å². The Balaban J connectivity index is 1.74. The van der Waals surface area contributed by atoms with E-state index in [1.807, 2.05) is 12.1 Å². The molecular weight excluding hydrogens is 366 g/mol. The Kier molecular flexibility index (Phi) is 6.67. The summed E-state index contributed by atoms with van der Waals surface area (Å²) in [4.78, 5) is 29.5. The minimum absolute atomic E-state index is 0.102. The number of carbonyl (C=O) groups is 1. The highest BCUT2D eigenvalue weighted by Crippen LogP contribution is 2.18. The molecule has 0 unspecified atom stereocenters. The van der Waals surface area contributed by atoms with Gasteiger partial charge in [-0.3, -0.25) is 14.2 Å². The average Bonchev–Trinajstić information content (AvgIpc) is 3.20. The van der Waals surface area contributed by atoms with E-state index in [0.29, 0.717) is 47.9 Å². The third kappa shape index (κ3) is 4.99. The number of hydrogen-bond acceptors (Lipinski definition) is 6. The third-order valence-corrected chi connectivity index (χ3v) is 4.91. The molecular formula is C19H21N3O4S. The van der Waals surface area contributed by atoms with Crippen molar-refractivity contribution in [2.24, 2.45) is 0 Å². The Morgan fingerprint density at radius 1 is 1.30 bits per heavy atom. The first kappa shape index (κ1) is 19.2. The van der Waals surface area contributed by atoms with Crippen LogP contribution in [0.4, 0.5) is 0 Å². The van der Waals surface area contributed by atoms with Crippen molar-refractivity contribution in [2.45, 2.75) is 24.7 Å². The molecule has 0 radical (unpaired) electrons. The number of hydrogen-bond donors (Lipinski definition) is 1. The molecule has 27 heavy (non-hydrogen) atoms. The van der Waals surface area contributed by atoms with Crippen molar-refractivity contribution in [2.75, 3.05) is 19.5 Å². The summed E-state index contributed by atoms with van der Waals surface area (Å²) >= 11 is 1.25. The molecule has 1 N–H and O–H groups in total. The summed E-state index contributed by atoms with van der Waals surface area (Å²) in [6.07, 6.45) is 2.25. The number of ether oxygens (including phenoxy) is 1. The molecule has 7 nitrogen and oxygen atoms in total. The second-order valence-electron chi connectivity index (χ2n) is 5.86. The maximum absolute atomic E-state index is 12.8. The van der Waals surface area contributed by atoms with E-state index in [1.54, 1.807) is 42.2 Å². The highest BCUT2D eigenvalue weighted by atomic mass is 32.2. The summed E-state index contributed by atoms with van der Waals surface area (Å²) in [5.41, 5.74) is 0.527. The number of benzene rings is 1. The molecule has 3 rings (SSSR count). The van der Waals surface area contributed by atoms with Gasteiger partial charge < -0.3 is 14.5 Å². The molecule has 1 amide bonds. The summed E-state index contributed by atoms with van der Waals surface area (Å²) < 4.78 is 11.9. The highest BCUT2D eigenvalue weighted by Gasteiger charge is 2.13. The van der Waals surface area contributed by atoms with Gasteiger partial charge in [-0.1, -0.05) is 23.9 Å². The Hall–Kier alpha value is -2.58. The topological polar surface area (TPSA) is 86.4 Å². The third-order valence-electron chi connectivity index (χ3n) is 3.93. The van der Waals surface area contributed by atoms with Crippen LogP contribution in [0.25, 0.3) is 10.9 Å². The highest BCUT2D eigenvalue weighted by molar-refractivity contribution is 7.99. The van der Waals surface area contributed by atoms with Crippen LogP contribution in [0.15, 0.2) is 57.0 Å². The van der Waals surface area contributed by atoms with E-state index in [0.717, 1.165) is 0 Å². The van der Waals surface area contributed by atoms with Crippen molar-refractivity contribution >= 4 is 28.6 Å². The number of furan rings is 1. The van der Waals surface area contributed by atoms with Gasteiger partial charge in [0.15, 0.2) is 5.16 Å². The van der Waals surface area contributed by atoms with E-state index in [1.165, 1.54) is 11.8 Å². The molecule has 0 saturated carbocycles. The predicted octanol–water partition coefficient (Wildman–Crippen LogP) is 2.43. The molecule has 0 spiro atoms. The second-order valence-corrected chi connectivity index (χ2v) is 6.80. The van der Waals surface area contributed by atoms with Crippen LogP contribution in [0, 0.1) is 0 Å². The summed E-state index contributed by atoms with van der Waals surface area (Å²) in [5, 5.41) is 3.89. The van der Waals surface area contributed by atoms with E-state index in [2.05, 4.69) is 10.3 Å². The lowest BCUT2D eigenvalue weighted by molar-refractivity contribution is -0.118. The van der Waals surface area contributed by atoms with Crippen LogP contribution < -0.4 is 10.9 Å². The first-order valence-corrected chi connectivity index (χ1v) is 9.58. The SMILES string of the molecule is COCCCn1c(SCC(=O)NCc2ccco2)nc2ccccc2c1=O. The summed E-state index contributed by atoms with van der Waals surface area (Å²) in [5.74, 6) is 0.700. The molecule has 8 heteroatoms. The number of methoxy groups -OCH3 is 1. The van der Waals surface area contributed by atoms with E-state index in [9.17, 15) is 9.59 Å². The molecule has 2 aromatic heterocycles. The van der Waals surface area contributed by atoms with Crippen molar-refractivity contribution in [3.05, 3.63) is 58.8 Å². The fraction of sp³-hybridized carbons (Fsp3) is 0.316. The Bertz CT molecular complexity index is 953. The van der Waals surface area contributed by atoms with Gasteiger partial charge in [-0.25, -0.2) is 4.98 Å². The van der Waals surface area contributed by atoms with Gasteiger partial charge in [-0.15, -0.1) is 0 Å². The maximum atomic E-state index is 12.8. The van der Waals surface area contributed by atoms with Gasteiger partial charge in [-0.05, 0) is 30.7 Å². The van der Waals surface area contributed by atoms with Gasteiger partial charge in [0.05, 0.1) is 29.5 Å². The van der Waals surface area contributed by atoms with Crippen molar-refractivity contribution < 1.29 is 13.9 Å². The number of aromatic nitrogens is 2. The van der Waals surface area contributed by atoms with Gasteiger partial charge in [0.25, 0.3) is 5.56 Å². The van der Waals surface area contributed by atoms with Crippen molar-refractivity contribution in [1.82, 2.24) is 14.9 Å². The van der Waals surface area contributed by atoms with Gasteiger partial charge >= 0.3 is 0 Å². The molecule has 0 aliphatic carbocycles. The summed E-state index contributed by atoms with van der Waals surface area (Å²) in [6, 6.07) is 10.8. The van der Waals surface area contributed by atoms with E-state index in [-0.39, 0.29) is 17.2 Å². The van der Waals surface area contributed by atoms with Crippen LogP contribution >= 0.6 is 11.8 Å². The second kappa shape index (κ2) is 9.38. The molecule has 3 aromatic rings. The fourth-order valence-corrected chi connectivity index (χ4v) is 3.46. The number of amides is 1. The van der Waals surface area contributed by atoms with Crippen LogP contribution in [0.3, 0.4) is 0 Å². The van der Waals surface area contributed by atoms with E-state index >= 15 is 0 Å². The lowest BCUT2D eigenvalue weighted by atomic mass is 10.2. The molecule has 0 bridgehead atoms. The fourth-order valence-electron chi connectivity index (χ4n) is 2.60.